The van der Waals surface area contributed by atoms with E-state index < -0.39 is 0 Å². The van der Waals surface area contributed by atoms with Crippen molar-refractivity contribution in [3.8, 4) is 0 Å². The molecule has 18 heavy (non-hydrogen) atoms. The second kappa shape index (κ2) is 13.9. The lowest BCUT2D eigenvalue weighted by molar-refractivity contribution is 0.298. The molecule has 2 heteroatoms. The van der Waals surface area contributed by atoms with E-state index in [-0.39, 0.29) is 14.1 Å². The molecule has 0 unspecified atom stereocenters. The summed E-state index contributed by atoms with van der Waals surface area (Å²) in [6, 6.07) is 0. The molecule has 0 saturated heterocycles. The zero-order valence-electron chi connectivity index (χ0n) is 13.5. The monoisotopic (exact) mass is 269 g/mol. The molecule has 0 fully saturated rings. The van der Waals surface area contributed by atoms with E-state index in [1.165, 1.54) is 58.2 Å². The second-order valence-corrected chi connectivity index (χ2v) is 9.14. The highest BCUT2D eigenvalue weighted by Gasteiger charge is 2.15. The van der Waals surface area contributed by atoms with Crippen LogP contribution in [0.5, 0.6) is 0 Å². The minimum Gasteiger partial charge on any atom is -0.304 e. The highest BCUT2D eigenvalue weighted by Crippen LogP contribution is 2.16. The lowest BCUT2D eigenvalue weighted by Crippen LogP contribution is -2.24. The SMILES string of the molecule is CCC[CH2][Al]([CH2]CCC)[CH2]CCCN(CC)CC. The Morgan fingerprint density at radius 3 is 1.61 bits per heavy atom. The van der Waals surface area contributed by atoms with Crippen LogP contribution >= 0.6 is 0 Å². The number of nitrogens with zero attached hydrogens (tertiary/aromatic N) is 1. The van der Waals surface area contributed by atoms with Crippen molar-refractivity contribution >= 4 is 14.1 Å². The summed E-state index contributed by atoms with van der Waals surface area (Å²) in [5, 5.41) is 4.84. The fraction of sp³-hybridized carbons (Fsp3) is 1.00. The van der Waals surface area contributed by atoms with Gasteiger partial charge in [0.15, 0.2) is 0 Å². The summed E-state index contributed by atoms with van der Waals surface area (Å²) in [5.41, 5.74) is 0. The molecule has 0 atom stereocenters. The largest absolute Gasteiger partial charge is 0.304 e. The molecule has 0 saturated carbocycles. The Labute approximate surface area is 121 Å². The average molecular weight is 269 g/mol. The van der Waals surface area contributed by atoms with Crippen molar-refractivity contribution in [1.29, 1.82) is 0 Å². The molecule has 0 aromatic carbocycles. The molecule has 0 aliphatic carbocycles. The highest BCUT2D eigenvalue weighted by molar-refractivity contribution is 6.58. The third-order valence-corrected chi connectivity index (χ3v) is 7.84. The third kappa shape index (κ3) is 10.4. The van der Waals surface area contributed by atoms with Crippen LogP contribution in [-0.4, -0.2) is 38.7 Å². The fourth-order valence-electron chi connectivity index (χ4n) is 2.73. The smallest absolute Gasteiger partial charge is 0.261 e. The predicted molar refractivity (Wildman–Crippen MR) is 87.0 cm³/mol. The van der Waals surface area contributed by atoms with E-state index >= 15 is 0 Å². The predicted octanol–water partition coefficient (Wildman–Crippen LogP) is 5.20. The number of hydrogen-bond acceptors (Lipinski definition) is 1. The van der Waals surface area contributed by atoms with Crippen molar-refractivity contribution in [2.45, 2.75) is 82.1 Å². The lowest BCUT2D eigenvalue weighted by atomic mass is 10.3. The Morgan fingerprint density at radius 2 is 1.17 bits per heavy atom. The van der Waals surface area contributed by atoms with E-state index in [1.807, 2.05) is 0 Å². The van der Waals surface area contributed by atoms with Crippen molar-refractivity contribution < 1.29 is 0 Å². The standard InChI is InChI=1S/C8H18N.2C4H9.Al/c1-4-7-8-9(5-2)6-3;2*1-3-4-2;/h1,4-8H2,2-3H3;2*1,3-4H2,2H3;. The summed E-state index contributed by atoms with van der Waals surface area (Å²) < 4.78 is 0. The van der Waals surface area contributed by atoms with Gasteiger partial charge in [-0.1, -0.05) is 75.6 Å². The topological polar surface area (TPSA) is 3.24 Å². The van der Waals surface area contributed by atoms with Crippen LogP contribution < -0.4 is 0 Å². The van der Waals surface area contributed by atoms with Gasteiger partial charge in [0.2, 0.25) is 0 Å². The van der Waals surface area contributed by atoms with Crippen LogP contribution in [0.15, 0.2) is 0 Å². The summed E-state index contributed by atoms with van der Waals surface area (Å²) in [5.74, 6) is 0. The minimum absolute atomic E-state index is 0.368. The van der Waals surface area contributed by atoms with Crippen LogP contribution in [0.1, 0.15) is 66.2 Å². The van der Waals surface area contributed by atoms with Gasteiger partial charge in [-0.2, -0.15) is 0 Å². The van der Waals surface area contributed by atoms with Gasteiger partial charge >= 0.3 is 0 Å². The molecule has 0 aliphatic rings. The van der Waals surface area contributed by atoms with Gasteiger partial charge in [-0.15, -0.1) is 0 Å². The average Bonchev–Trinajstić information content (AvgIpc) is 2.41. The minimum atomic E-state index is -0.368. The number of unbranched alkanes of at least 4 members (excludes halogenated alkanes) is 3. The van der Waals surface area contributed by atoms with Crippen molar-refractivity contribution in [3.05, 3.63) is 0 Å². The summed E-state index contributed by atoms with van der Waals surface area (Å²) in [4.78, 5) is 2.56. The molecule has 0 spiro atoms. The molecular formula is C16H36AlN. The zero-order valence-corrected chi connectivity index (χ0v) is 14.7. The highest BCUT2D eigenvalue weighted by atomic mass is 27.2. The Balaban J connectivity index is 3.66. The van der Waals surface area contributed by atoms with Crippen LogP contribution in [-0.2, 0) is 0 Å². The van der Waals surface area contributed by atoms with E-state index in [9.17, 15) is 0 Å². The molecule has 0 aromatic rings. The van der Waals surface area contributed by atoms with E-state index in [0.29, 0.717) is 0 Å². The van der Waals surface area contributed by atoms with Gasteiger partial charge in [-0.05, 0) is 26.1 Å². The molecule has 0 bridgehead atoms. The van der Waals surface area contributed by atoms with E-state index in [4.69, 9.17) is 0 Å². The molecule has 0 amide bonds. The van der Waals surface area contributed by atoms with Gasteiger partial charge in [-0.25, -0.2) is 0 Å². The van der Waals surface area contributed by atoms with E-state index in [1.54, 1.807) is 15.8 Å². The number of rotatable bonds is 13. The molecule has 0 heterocycles. The first-order valence-corrected chi connectivity index (χ1v) is 11.0. The summed E-state index contributed by atoms with van der Waals surface area (Å²) in [6.45, 7) is 13.0. The van der Waals surface area contributed by atoms with Crippen LogP contribution in [0, 0.1) is 0 Å². The van der Waals surface area contributed by atoms with Crippen molar-refractivity contribution in [2.75, 3.05) is 19.6 Å². The summed E-state index contributed by atoms with van der Waals surface area (Å²) >= 11 is -0.368. The molecular weight excluding hydrogens is 233 g/mol. The van der Waals surface area contributed by atoms with Gasteiger partial charge in [-0.3, -0.25) is 0 Å². The Kier molecular flexibility index (Phi) is 14.3. The molecule has 0 N–H and O–H groups in total. The van der Waals surface area contributed by atoms with Gasteiger partial charge < -0.3 is 4.90 Å². The van der Waals surface area contributed by atoms with Gasteiger partial charge in [0.05, 0.1) is 0 Å². The molecule has 0 aliphatic heterocycles. The first-order chi connectivity index (χ1) is 8.78. The molecule has 108 valence electrons. The number of hydrogen-bond donors (Lipinski definition) is 0. The summed E-state index contributed by atoms with van der Waals surface area (Å²) in [6.07, 6.45) is 8.72. The third-order valence-electron chi connectivity index (χ3n) is 4.16. The summed E-state index contributed by atoms with van der Waals surface area (Å²) in [7, 11) is 0. The van der Waals surface area contributed by atoms with E-state index in [0.717, 1.165) is 0 Å². The quantitative estimate of drug-likeness (QED) is 0.328. The van der Waals surface area contributed by atoms with Crippen molar-refractivity contribution in [1.82, 2.24) is 4.90 Å². The van der Waals surface area contributed by atoms with Crippen LogP contribution in [0.4, 0.5) is 0 Å². The molecule has 0 radical (unpaired) electrons. The zero-order chi connectivity index (χ0) is 13.6. The molecule has 0 rings (SSSR count). The van der Waals surface area contributed by atoms with Gasteiger partial charge in [0, 0.05) is 0 Å². The van der Waals surface area contributed by atoms with Crippen LogP contribution in [0.3, 0.4) is 0 Å². The molecule has 1 nitrogen and oxygen atoms in total. The maximum Gasteiger partial charge on any atom is 0.261 e. The lowest BCUT2D eigenvalue weighted by Gasteiger charge is -2.18. The van der Waals surface area contributed by atoms with Crippen molar-refractivity contribution in [3.63, 3.8) is 0 Å². The Bertz CT molecular complexity index is 149. The van der Waals surface area contributed by atoms with E-state index in [2.05, 4.69) is 32.6 Å². The van der Waals surface area contributed by atoms with Gasteiger partial charge in [0.1, 0.15) is 0 Å². The Morgan fingerprint density at radius 1 is 0.667 bits per heavy atom. The van der Waals surface area contributed by atoms with Gasteiger partial charge in [0.25, 0.3) is 14.1 Å². The van der Waals surface area contributed by atoms with Crippen LogP contribution in [0.2, 0.25) is 15.8 Å². The fourth-order valence-corrected chi connectivity index (χ4v) is 6.43. The first kappa shape index (κ1) is 18.5. The Hall–Kier alpha value is 0.492. The first-order valence-electron chi connectivity index (χ1n) is 8.50. The second-order valence-electron chi connectivity index (χ2n) is 5.67. The molecule has 0 aromatic heterocycles. The van der Waals surface area contributed by atoms with Crippen LogP contribution in [0.25, 0.3) is 0 Å². The van der Waals surface area contributed by atoms with Crippen molar-refractivity contribution in [2.24, 2.45) is 0 Å². The maximum absolute atomic E-state index is 2.56. The maximum atomic E-state index is 2.56. The normalized spacial score (nSPS) is 11.2.